The Labute approximate surface area is 123 Å². The highest BCUT2D eigenvalue weighted by Crippen LogP contribution is 2.17. The van der Waals surface area contributed by atoms with E-state index in [1.165, 1.54) is 5.56 Å². The molecule has 2 rings (SSSR count). The molecule has 0 atom stereocenters. The lowest BCUT2D eigenvalue weighted by molar-refractivity contribution is 0.954. The van der Waals surface area contributed by atoms with Crippen molar-refractivity contribution in [3.8, 4) is 12.1 Å². The van der Waals surface area contributed by atoms with E-state index in [2.05, 4.69) is 15.5 Å². The molecule has 0 aliphatic heterocycles. The zero-order valence-corrected chi connectivity index (χ0v) is 11.3. The van der Waals surface area contributed by atoms with Gasteiger partial charge in [0.15, 0.2) is 0 Å². The molecule has 0 amide bonds. The zero-order valence-electron chi connectivity index (χ0n) is 11.3. The maximum Gasteiger partial charge on any atom is 0.237 e. The van der Waals surface area contributed by atoms with Gasteiger partial charge in [0.05, 0.1) is 5.69 Å². The van der Waals surface area contributed by atoms with Gasteiger partial charge in [0.25, 0.3) is 0 Å². The Morgan fingerprint density at radius 2 is 1.76 bits per heavy atom. The molecule has 21 heavy (non-hydrogen) atoms. The molecule has 0 bridgehead atoms. The van der Waals surface area contributed by atoms with Crippen molar-refractivity contribution in [1.82, 2.24) is 4.98 Å². The SMILES string of the molecule is N#CC(C#N)=NNc1ccccc1CCc1ccncc1. The van der Waals surface area contributed by atoms with E-state index in [9.17, 15) is 0 Å². The fraction of sp³-hybridized carbons (Fsp3) is 0.125. The van der Waals surface area contributed by atoms with E-state index < -0.39 is 0 Å². The molecular weight excluding hydrogens is 262 g/mol. The Morgan fingerprint density at radius 1 is 1.05 bits per heavy atom. The molecule has 2 aromatic rings. The second-order valence-corrected chi connectivity index (χ2v) is 4.31. The Morgan fingerprint density at radius 3 is 2.48 bits per heavy atom. The van der Waals surface area contributed by atoms with Crippen LogP contribution >= 0.6 is 0 Å². The molecule has 1 aromatic heterocycles. The molecule has 5 heteroatoms. The van der Waals surface area contributed by atoms with E-state index in [0.29, 0.717) is 0 Å². The quantitative estimate of drug-likeness (QED) is 0.671. The Kier molecular flexibility index (Phi) is 5.03. The molecule has 5 nitrogen and oxygen atoms in total. The van der Waals surface area contributed by atoms with Crippen molar-refractivity contribution in [3.63, 3.8) is 0 Å². The number of aromatic nitrogens is 1. The van der Waals surface area contributed by atoms with Gasteiger partial charge in [0, 0.05) is 12.4 Å². The average Bonchev–Trinajstić information content (AvgIpc) is 2.56. The first-order valence-corrected chi connectivity index (χ1v) is 6.44. The van der Waals surface area contributed by atoms with E-state index >= 15 is 0 Å². The number of hydrazone groups is 1. The van der Waals surface area contributed by atoms with Gasteiger partial charge < -0.3 is 0 Å². The number of aryl methyl sites for hydroxylation is 2. The first kappa shape index (κ1) is 14.2. The van der Waals surface area contributed by atoms with Gasteiger partial charge in [0.1, 0.15) is 12.1 Å². The summed E-state index contributed by atoms with van der Waals surface area (Å²) in [5, 5.41) is 21.1. The van der Waals surface area contributed by atoms with Crippen molar-refractivity contribution in [3.05, 3.63) is 59.9 Å². The summed E-state index contributed by atoms with van der Waals surface area (Å²) in [5.74, 6) is 0. The molecule has 0 saturated heterocycles. The van der Waals surface area contributed by atoms with Crippen molar-refractivity contribution < 1.29 is 0 Å². The van der Waals surface area contributed by atoms with E-state index in [-0.39, 0.29) is 5.71 Å². The lowest BCUT2D eigenvalue weighted by atomic mass is 10.0. The molecule has 0 aliphatic rings. The number of para-hydroxylation sites is 1. The van der Waals surface area contributed by atoms with Gasteiger partial charge in [-0.25, -0.2) is 0 Å². The Balaban J connectivity index is 2.09. The highest BCUT2D eigenvalue weighted by Gasteiger charge is 2.02. The number of nitrogens with one attached hydrogen (secondary N) is 1. The standard InChI is InChI=1S/C16H13N5/c17-11-15(12-18)20-21-16-4-2-1-3-14(16)6-5-13-7-9-19-10-8-13/h1-4,7-10,21H,5-6H2. The van der Waals surface area contributed by atoms with Gasteiger partial charge >= 0.3 is 0 Å². The molecule has 0 saturated carbocycles. The van der Waals surface area contributed by atoms with Crippen LogP contribution in [0, 0.1) is 22.7 Å². The monoisotopic (exact) mass is 275 g/mol. The van der Waals surface area contributed by atoms with Gasteiger partial charge in [-0.15, -0.1) is 0 Å². The van der Waals surface area contributed by atoms with Crippen LogP contribution in [0.5, 0.6) is 0 Å². The predicted molar refractivity (Wildman–Crippen MR) is 80.4 cm³/mol. The van der Waals surface area contributed by atoms with Crippen molar-refractivity contribution in [2.45, 2.75) is 12.8 Å². The average molecular weight is 275 g/mol. The number of nitrogens with zero attached hydrogens (tertiary/aromatic N) is 4. The van der Waals surface area contributed by atoms with Crippen LogP contribution in [0.2, 0.25) is 0 Å². The number of hydrogen-bond acceptors (Lipinski definition) is 5. The number of rotatable bonds is 5. The third-order valence-electron chi connectivity index (χ3n) is 2.95. The van der Waals surface area contributed by atoms with Crippen LogP contribution < -0.4 is 5.43 Å². The molecule has 0 spiro atoms. The van der Waals surface area contributed by atoms with Crippen molar-refractivity contribution in [2.75, 3.05) is 5.43 Å². The maximum absolute atomic E-state index is 8.68. The summed E-state index contributed by atoms with van der Waals surface area (Å²) >= 11 is 0. The highest BCUT2D eigenvalue weighted by molar-refractivity contribution is 6.10. The second kappa shape index (κ2) is 7.42. The first-order chi connectivity index (χ1) is 10.3. The fourth-order valence-electron chi connectivity index (χ4n) is 1.87. The summed E-state index contributed by atoms with van der Waals surface area (Å²) in [4.78, 5) is 3.99. The number of anilines is 1. The van der Waals surface area contributed by atoms with E-state index in [1.807, 2.05) is 36.4 Å². The van der Waals surface area contributed by atoms with Crippen LogP contribution in [0.1, 0.15) is 11.1 Å². The van der Waals surface area contributed by atoms with Crippen LogP contribution in [-0.2, 0) is 12.8 Å². The summed E-state index contributed by atoms with van der Waals surface area (Å²) in [6.07, 6.45) is 5.26. The van der Waals surface area contributed by atoms with Gasteiger partial charge in [-0.05, 0) is 42.2 Å². The predicted octanol–water partition coefficient (Wildman–Crippen LogP) is 2.68. The van der Waals surface area contributed by atoms with Crippen LogP contribution in [0.15, 0.2) is 53.9 Å². The summed E-state index contributed by atoms with van der Waals surface area (Å²) < 4.78 is 0. The lowest BCUT2D eigenvalue weighted by Crippen LogP contribution is -2.00. The molecule has 0 aliphatic carbocycles. The first-order valence-electron chi connectivity index (χ1n) is 6.44. The minimum absolute atomic E-state index is 0.195. The Bertz CT molecular complexity index is 691. The Hall–Kier alpha value is -3.18. The summed E-state index contributed by atoms with van der Waals surface area (Å²) in [5.41, 5.74) is 5.67. The second-order valence-electron chi connectivity index (χ2n) is 4.31. The van der Waals surface area contributed by atoms with Crippen LogP contribution in [0.3, 0.4) is 0 Å². The summed E-state index contributed by atoms with van der Waals surface area (Å²) in [7, 11) is 0. The molecule has 1 N–H and O–H groups in total. The fourth-order valence-corrected chi connectivity index (χ4v) is 1.87. The minimum atomic E-state index is -0.195. The number of pyridine rings is 1. The zero-order chi connectivity index (χ0) is 14.9. The molecule has 1 heterocycles. The van der Waals surface area contributed by atoms with Crippen molar-refractivity contribution >= 4 is 11.4 Å². The molecular formula is C16H13N5. The topological polar surface area (TPSA) is 84.9 Å². The third kappa shape index (κ3) is 4.15. The van der Waals surface area contributed by atoms with E-state index in [1.54, 1.807) is 24.5 Å². The number of benzene rings is 1. The third-order valence-corrected chi connectivity index (χ3v) is 2.95. The molecule has 0 fully saturated rings. The summed E-state index contributed by atoms with van der Waals surface area (Å²) in [6.45, 7) is 0. The van der Waals surface area contributed by atoms with E-state index in [4.69, 9.17) is 10.5 Å². The van der Waals surface area contributed by atoms with Gasteiger partial charge in [0.2, 0.25) is 5.71 Å². The molecule has 0 unspecified atom stereocenters. The maximum atomic E-state index is 8.68. The molecule has 102 valence electrons. The van der Waals surface area contributed by atoms with Gasteiger partial charge in [-0.3, -0.25) is 10.4 Å². The van der Waals surface area contributed by atoms with Crippen LogP contribution in [0.25, 0.3) is 0 Å². The van der Waals surface area contributed by atoms with Gasteiger partial charge in [-0.1, -0.05) is 18.2 Å². The molecule has 1 aromatic carbocycles. The van der Waals surface area contributed by atoms with Crippen molar-refractivity contribution in [1.29, 1.82) is 10.5 Å². The summed E-state index contributed by atoms with van der Waals surface area (Å²) in [6, 6.07) is 15.1. The molecule has 0 radical (unpaired) electrons. The van der Waals surface area contributed by atoms with Crippen LogP contribution in [-0.4, -0.2) is 10.7 Å². The number of nitriles is 2. The highest BCUT2D eigenvalue weighted by atomic mass is 15.3. The van der Waals surface area contributed by atoms with Gasteiger partial charge in [-0.2, -0.15) is 15.6 Å². The lowest BCUT2D eigenvalue weighted by Gasteiger charge is -2.08. The minimum Gasteiger partial charge on any atom is -0.276 e. The largest absolute Gasteiger partial charge is 0.276 e. The number of hydrogen-bond donors (Lipinski definition) is 1. The normalized spacial score (nSPS) is 9.24. The smallest absolute Gasteiger partial charge is 0.237 e. The van der Waals surface area contributed by atoms with Crippen molar-refractivity contribution in [2.24, 2.45) is 5.10 Å². The van der Waals surface area contributed by atoms with E-state index in [0.717, 1.165) is 24.1 Å². The van der Waals surface area contributed by atoms with Crippen LogP contribution in [0.4, 0.5) is 5.69 Å².